The summed E-state index contributed by atoms with van der Waals surface area (Å²) in [5.41, 5.74) is 2.36. The molecule has 0 bridgehead atoms. The van der Waals surface area contributed by atoms with Gasteiger partial charge in [-0.25, -0.2) is 12.7 Å². The minimum absolute atomic E-state index is 0.0405. The topological polar surface area (TPSA) is 75.7 Å². The fourth-order valence-electron chi connectivity index (χ4n) is 3.55. The first kappa shape index (κ1) is 21.3. The smallest absolute Gasteiger partial charge is 0.228 e. The molecule has 0 spiro atoms. The van der Waals surface area contributed by atoms with Gasteiger partial charge in [0, 0.05) is 13.1 Å². The Hall–Kier alpha value is -2.38. The first-order chi connectivity index (χ1) is 13.9. The molecule has 0 unspecified atom stereocenters. The van der Waals surface area contributed by atoms with Gasteiger partial charge in [0.05, 0.1) is 24.0 Å². The standard InChI is InChI=1S/C22H28N2O4S/c1-3-28-21-13-7-6-12-20(21)23-22(25)18-11-8-14-24(15-18)29(26,27)16-19-10-5-4-9-17(19)2/h4-7,9-10,12-13,18H,3,8,11,14-16H2,1-2H3,(H,23,25)/t18-/m1/s1. The molecule has 0 aliphatic carbocycles. The Morgan fingerprint density at radius 3 is 2.66 bits per heavy atom. The van der Waals surface area contributed by atoms with Gasteiger partial charge in [0.25, 0.3) is 0 Å². The zero-order chi connectivity index (χ0) is 20.9. The van der Waals surface area contributed by atoms with E-state index < -0.39 is 10.0 Å². The number of amides is 1. The molecule has 1 N–H and O–H groups in total. The van der Waals surface area contributed by atoms with Crippen LogP contribution in [0.5, 0.6) is 5.75 Å². The lowest BCUT2D eigenvalue weighted by molar-refractivity contribution is -0.120. The summed E-state index contributed by atoms with van der Waals surface area (Å²) in [5, 5.41) is 2.91. The van der Waals surface area contributed by atoms with E-state index >= 15 is 0 Å². The number of carbonyl (C=O) groups is 1. The largest absolute Gasteiger partial charge is 0.492 e. The third-order valence-electron chi connectivity index (χ3n) is 5.19. The molecule has 7 heteroatoms. The van der Waals surface area contributed by atoms with E-state index in [1.807, 2.05) is 50.2 Å². The van der Waals surface area contributed by atoms with Crippen LogP contribution in [0, 0.1) is 12.8 Å². The number of hydrogen-bond acceptors (Lipinski definition) is 4. The number of hydrogen-bond donors (Lipinski definition) is 1. The molecule has 3 rings (SSSR count). The highest BCUT2D eigenvalue weighted by Gasteiger charge is 2.32. The molecule has 1 atom stereocenters. The molecule has 6 nitrogen and oxygen atoms in total. The highest BCUT2D eigenvalue weighted by atomic mass is 32.2. The zero-order valence-corrected chi connectivity index (χ0v) is 17.7. The summed E-state index contributed by atoms with van der Waals surface area (Å²) in [6.45, 7) is 4.95. The van der Waals surface area contributed by atoms with E-state index in [-0.39, 0.29) is 24.1 Å². The van der Waals surface area contributed by atoms with Crippen molar-refractivity contribution in [2.45, 2.75) is 32.4 Å². The number of nitrogens with zero attached hydrogens (tertiary/aromatic N) is 1. The SMILES string of the molecule is CCOc1ccccc1NC(=O)[C@@H]1CCCN(S(=O)(=O)Cc2ccccc2C)C1. The van der Waals surface area contributed by atoms with Gasteiger partial charge in [-0.05, 0) is 49.9 Å². The van der Waals surface area contributed by atoms with Crippen LogP contribution in [0.4, 0.5) is 5.69 Å². The van der Waals surface area contributed by atoms with Gasteiger partial charge in [0.15, 0.2) is 0 Å². The number of piperidine rings is 1. The van der Waals surface area contributed by atoms with Gasteiger partial charge in [-0.1, -0.05) is 36.4 Å². The molecule has 156 valence electrons. The summed E-state index contributed by atoms with van der Waals surface area (Å²) in [5.74, 6) is 0.0162. The second-order valence-corrected chi connectivity index (χ2v) is 9.27. The van der Waals surface area contributed by atoms with Crippen molar-refractivity contribution in [2.75, 3.05) is 25.0 Å². The minimum Gasteiger partial charge on any atom is -0.492 e. The number of aryl methyl sites for hydroxylation is 1. The van der Waals surface area contributed by atoms with E-state index in [2.05, 4.69) is 5.32 Å². The molecule has 0 saturated carbocycles. The van der Waals surface area contributed by atoms with Gasteiger partial charge >= 0.3 is 0 Å². The van der Waals surface area contributed by atoms with Crippen molar-refractivity contribution in [2.24, 2.45) is 5.92 Å². The van der Waals surface area contributed by atoms with Gasteiger partial charge < -0.3 is 10.1 Å². The Bertz CT molecular complexity index is 959. The quantitative estimate of drug-likeness (QED) is 0.749. The third kappa shape index (κ3) is 5.36. The molecule has 1 fully saturated rings. The van der Waals surface area contributed by atoms with E-state index in [1.54, 1.807) is 12.1 Å². The van der Waals surface area contributed by atoms with Crippen molar-refractivity contribution >= 4 is 21.6 Å². The van der Waals surface area contributed by atoms with E-state index in [9.17, 15) is 13.2 Å². The van der Waals surface area contributed by atoms with Crippen molar-refractivity contribution in [1.29, 1.82) is 0 Å². The van der Waals surface area contributed by atoms with Crippen LogP contribution < -0.4 is 10.1 Å². The van der Waals surface area contributed by atoms with Gasteiger partial charge in [-0.15, -0.1) is 0 Å². The summed E-state index contributed by atoms with van der Waals surface area (Å²) in [7, 11) is -3.49. The first-order valence-electron chi connectivity index (χ1n) is 9.95. The lowest BCUT2D eigenvalue weighted by Crippen LogP contribution is -2.44. The Balaban J connectivity index is 1.68. The predicted octanol–water partition coefficient (Wildman–Crippen LogP) is 3.57. The van der Waals surface area contributed by atoms with Crippen LogP contribution >= 0.6 is 0 Å². The molecule has 29 heavy (non-hydrogen) atoms. The average molecular weight is 417 g/mol. The summed E-state index contributed by atoms with van der Waals surface area (Å²) < 4.78 is 32.9. The van der Waals surface area contributed by atoms with Crippen molar-refractivity contribution in [1.82, 2.24) is 4.31 Å². The second-order valence-electron chi connectivity index (χ2n) is 7.30. The molecule has 1 aliphatic heterocycles. The Morgan fingerprint density at radius 1 is 1.17 bits per heavy atom. The summed E-state index contributed by atoms with van der Waals surface area (Å²) in [6, 6.07) is 14.8. The van der Waals surface area contributed by atoms with E-state index in [1.165, 1.54) is 4.31 Å². The fraction of sp³-hybridized carbons (Fsp3) is 0.409. The number of anilines is 1. The number of ether oxygens (including phenoxy) is 1. The van der Waals surface area contributed by atoms with E-state index in [0.29, 0.717) is 37.4 Å². The first-order valence-corrected chi connectivity index (χ1v) is 11.6. The molecule has 1 heterocycles. The van der Waals surface area contributed by atoms with Gasteiger partial charge in [-0.3, -0.25) is 4.79 Å². The molecule has 0 aromatic heterocycles. The lowest BCUT2D eigenvalue weighted by Gasteiger charge is -2.31. The van der Waals surface area contributed by atoms with E-state index in [0.717, 1.165) is 11.1 Å². The number of sulfonamides is 1. The summed E-state index contributed by atoms with van der Waals surface area (Å²) >= 11 is 0. The van der Waals surface area contributed by atoms with Crippen molar-refractivity contribution in [3.05, 3.63) is 59.7 Å². The summed E-state index contributed by atoms with van der Waals surface area (Å²) in [4.78, 5) is 12.8. The molecular weight excluding hydrogens is 388 g/mol. The molecule has 0 radical (unpaired) electrons. The molecule has 2 aromatic carbocycles. The van der Waals surface area contributed by atoms with Crippen molar-refractivity contribution in [3.8, 4) is 5.75 Å². The zero-order valence-electron chi connectivity index (χ0n) is 16.9. The normalized spacial score (nSPS) is 17.7. The average Bonchev–Trinajstić information content (AvgIpc) is 2.71. The maximum atomic E-state index is 12.9. The monoisotopic (exact) mass is 416 g/mol. The molecular formula is C22H28N2O4S. The highest BCUT2D eigenvalue weighted by Crippen LogP contribution is 2.27. The van der Waals surface area contributed by atoms with Crippen LogP contribution in [0.3, 0.4) is 0 Å². The van der Waals surface area contributed by atoms with Crippen LogP contribution in [0.2, 0.25) is 0 Å². The number of benzene rings is 2. The van der Waals surface area contributed by atoms with Crippen molar-refractivity contribution in [3.63, 3.8) is 0 Å². The molecule has 1 amide bonds. The lowest BCUT2D eigenvalue weighted by atomic mass is 9.98. The van der Waals surface area contributed by atoms with Crippen LogP contribution in [0.1, 0.15) is 30.9 Å². The Morgan fingerprint density at radius 2 is 1.90 bits per heavy atom. The van der Waals surface area contributed by atoms with E-state index in [4.69, 9.17) is 4.74 Å². The minimum atomic E-state index is -3.49. The van der Waals surface area contributed by atoms with Crippen LogP contribution in [0.25, 0.3) is 0 Å². The molecule has 1 saturated heterocycles. The molecule has 1 aliphatic rings. The number of carbonyl (C=O) groups excluding carboxylic acids is 1. The number of rotatable bonds is 7. The van der Waals surface area contributed by atoms with Crippen LogP contribution in [-0.4, -0.2) is 38.3 Å². The highest BCUT2D eigenvalue weighted by molar-refractivity contribution is 7.88. The third-order valence-corrected chi connectivity index (χ3v) is 6.99. The van der Waals surface area contributed by atoms with Gasteiger partial charge in [0.1, 0.15) is 5.75 Å². The van der Waals surface area contributed by atoms with Gasteiger partial charge in [0.2, 0.25) is 15.9 Å². The van der Waals surface area contributed by atoms with Crippen LogP contribution in [-0.2, 0) is 20.6 Å². The maximum absolute atomic E-state index is 12.9. The maximum Gasteiger partial charge on any atom is 0.228 e. The number of nitrogens with one attached hydrogen (secondary N) is 1. The van der Waals surface area contributed by atoms with Gasteiger partial charge in [-0.2, -0.15) is 0 Å². The Kier molecular flexibility index (Phi) is 6.92. The Labute approximate surface area is 172 Å². The second kappa shape index (κ2) is 9.41. The summed E-state index contributed by atoms with van der Waals surface area (Å²) in [6.07, 6.45) is 1.33. The fourth-order valence-corrected chi connectivity index (χ4v) is 5.27. The predicted molar refractivity (Wildman–Crippen MR) is 114 cm³/mol. The van der Waals surface area contributed by atoms with Crippen LogP contribution in [0.15, 0.2) is 48.5 Å². The molecule has 2 aromatic rings. The van der Waals surface area contributed by atoms with Crippen molar-refractivity contribution < 1.29 is 17.9 Å². The number of para-hydroxylation sites is 2.